The minimum Gasteiger partial charge on any atom is -0.497 e. The molecule has 1 aliphatic rings. The Morgan fingerprint density at radius 2 is 1.48 bits per heavy atom. The maximum atomic E-state index is 14.0. The topological polar surface area (TPSA) is 117 Å². The Bertz CT molecular complexity index is 2220. The summed E-state index contributed by atoms with van der Waals surface area (Å²) < 4.78 is 11.5. The van der Waals surface area contributed by atoms with Crippen LogP contribution in [0, 0.1) is 0 Å². The Labute approximate surface area is 369 Å². The number of ether oxygens (including phenoxy) is 2. The van der Waals surface area contributed by atoms with Crippen LogP contribution in [-0.2, 0) is 20.4 Å². The molecule has 1 saturated heterocycles. The number of benzene rings is 4. The van der Waals surface area contributed by atoms with Crippen molar-refractivity contribution in [3.05, 3.63) is 102 Å². The molecule has 58 heavy (non-hydrogen) atoms. The van der Waals surface area contributed by atoms with E-state index in [1.54, 1.807) is 49.6 Å². The van der Waals surface area contributed by atoms with E-state index in [0.717, 1.165) is 29.2 Å². The van der Waals surface area contributed by atoms with Crippen molar-refractivity contribution in [2.75, 3.05) is 24.0 Å². The molecule has 0 radical (unpaired) electrons. The summed E-state index contributed by atoms with van der Waals surface area (Å²) in [5.41, 5.74) is 6.31. The lowest BCUT2D eigenvalue weighted by Crippen LogP contribution is -2.36. The first kappa shape index (κ1) is 45.3. The zero-order valence-corrected chi connectivity index (χ0v) is 37.6. The van der Waals surface area contributed by atoms with Crippen LogP contribution in [0.15, 0.2) is 75.9 Å². The number of nitrogens with one attached hydrogen (secondary N) is 2. The minimum atomic E-state index is -1.32. The minimum absolute atomic E-state index is 0.0102. The van der Waals surface area contributed by atoms with Gasteiger partial charge in [0, 0.05) is 17.7 Å². The second kappa shape index (κ2) is 19.1. The second-order valence-electron chi connectivity index (χ2n) is 14.9. The third-order valence-corrected chi connectivity index (χ3v) is 12.8. The molecule has 16 heteroatoms. The van der Waals surface area contributed by atoms with E-state index in [-0.39, 0.29) is 70.5 Å². The molecule has 0 aromatic heterocycles. The van der Waals surface area contributed by atoms with Crippen LogP contribution in [0.4, 0.5) is 22.7 Å². The number of carbonyl (C=O) groups is 2. The normalized spacial score (nSPS) is 15.3. The van der Waals surface area contributed by atoms with Gasteiger partial charge in [-0.3, -0.25) is 15.0 Å². The number of hydrogen-bond donors (Lipinski definition) is 2. The van der Waals surface area contributed by atoms with Gasteiger partial charge in [-0.1, -0.05) is 123 Å². The molecule has 1 heterocycles. The number of hydrogen-bond acceptors (Lipinski definition) is 7. The van der Waals surface area contributed by atoms with Crippen molar-refractivity contribution in [1.29, 1.82) is 0 Å². The third-order valence-electron chi connectivity index (χ3n) is 10.2. The Hall–Kier alpha value is -3.77. The molecule has 4 aromatic rings. The average molecular weight is 910 g/mol. The van der Waals surface area contributed by atoms with Crippen molar-refractivity contribution >= 4 is 110 Å². The number of rotatable bonds is 15. The zero-order valence-electron chi connectivity index (χ0n) is 33.1. The predicted octanol–water partition coefficient (Wildman–Crippen LogP) is 13.5. The molecule has 1 fully saturated rings. The molecule has 5 rings (SSSR count). The van der Waals surface area contributed by atoms with Crippen LogP contribution < -0.4 is 25.2 Å². The van der Waals surface area contributed by atoms with Crippen LogP contribution in [0.3, 0.4) is 0 Å². The van der Waals surface area contributed by atoms with Gasteiger partial charge >= 0.3 is 0 Å². The molecule has 10 nitrogen and oxygen atoms in total. The molecule has 308 valence electrons. The highest BCUT2D eigenvalue weighted by atomic mass is 35.5. The summed E-state index contributed by atoms with van der Waals surface area (Å²) >= 11 is 38.6. The van der Waals surface area contributed by atoms with Gasteiger partial charge in [0.1, 0.15) is 17.2 Å². The highest BCUT2D eigenvalue weighted by molar-refractivity contribution is 6.57. The van der Waals surface area contributed by atoms with Gasteiger partial charge < -0.3 is 14.8 Å². The number of carbonyl (C=O) groups excluding carboxylic acids is 2. The van der Waals surface area contributed by atoms with Crippen molar-refractivity contribution in [2.45, 2.75) is 84.1 Å². The number of nitrogens with zero attached hydrogens (tertiary/aromatic N) is 4. The first-order valence-electron chi connectivity index (χ1n) is 18.5. The highest BCUT2D eigenvalue weighted by Gasteiger charge is 2.42. The Balaban J connectivity index is 1.35. The van der Waals surface area contributed by atoms with Crippen LogP contribution >= 0.6 is 69.6 Å². The molecular weight excluding hydrogens is 865 g/mol. The van der Waals surface area contributed by atoms with Gasteiger partial charge in [-0.2, -0.15) is 10.2 Å². The van der Waals surface area contributed by atoms with Gasteiger partial charge in [-0.05, 0) is 84.2 Å². The molecule has 1 atom stereocenters. The Morgan fingerprint density at radius 1 is 0.845 bits per heavy atom. The number of aliphatic imine (C=N–C) groups is 1. The van der Waals surface area contributed by atoms with Gasteiger partial charge in [0.05, 0.1) is 55.2 Å². The van der Waals surface area contributed by atoms with E-state index in [0.29, 0.717) is 30.2 Å². The third kappa shape index (κ3) is 10.1. The lowest BCUT2D eigenvalue weighted by molar-refractivity contribution is -0.118. The number of hydrazine groups is 1. The van der Waals surface area contributed by atoms with E-state index in [4.69, 9.17) is 79.1 Å². The molecule has 0 bridgehead atoms. The fourth-order valence-electron chi connectivity index (χ4n) is 5.83. The van der Waals surface area contributed by atoms with Crippen molar-refractivity contribution in [2.24, 2.45) is 15.2 Å². The quantitative estimate of drug-likeness (QED) is 0.0533. The predicted molar refractivity (Wildman–Crippen MR) is 238 cm³/mol. The largest absolute Gasteiger partial charge is 0.497 e. The summed E-state index contributed by atoms with van der Waals surface area (Å²) in [6.07, 6.45) is 2.65. The molecule has 2 N–H and O–H groups in total. The van der Waals surface area contributed by atoms with Crippen molar-refractivity contribution < 1.29 is 19.1 Å². The monoisotopic (exact) mass is 906 g/mol. The van der Waals surface area contributed by atoms with E-state index in [1.807, 2.05) is 0 Å². The lowest BCUT2D eigenvalue weighted by atomic mass is 9.76. The van der Waals surface area contributed by atoms with Gasteiger partial charge in [0.15, 0.2) is 5.84 Å². The molecular formula is C42H44Cl6N6O4. The number of anilines is 2. The molecule has 0 spiro atoms. The summed E-state index contributed by atoms with van der Waals surface area (Å²) in [7, 11) is 1.54. The van der Waals surface area contributed by atoms with E-state index in [2.05, 4.69) is 85.7 Å². The van der Waals surface area contributed by atoms with Gasteiger partial charge in [-0.25, -0.2) is 10.0 Å². The van der Waals surface area contributed by atoms with Crippen molar-refractivity contribution in [3.63, 3.8) is 0 Å². The highest BCUT2D eigenvalue weighted by Crippen LogP contribution is 2.49. The first-order chi connectivity index (χ1) is 27.4. The fraction of sp³-hybridized carbons (Fsp3) is 0.357. The van der Waals surface area contributed by atoms with Crippen molar-refractivity contribution in [3.8, 4) is 11.5 Å². The SMILES string of the molecule is CCC(C)(C)c1ccc(OCCCC(=O)Nc2ccc(Cl)c(N=C3NN(c4c(Cl)c(Cl)c(Cl)c(Cl)c4Cl)C(=O)C3N=Nc3ccc(OC)cc3)c2)c(C(C)(C)CC)c1. The number of amidine groups is 1. The summed E-state index contributed by atoms with van der Waals surface area (Å²) in [6.45, 7) is 13.7. The summed E-state index contributed by atoms with van der Waals surface area (Å²) in [6, 6.07) is 16.7. The summed E-state index contributed by atoms with van der Waals surface area (Å²) in [5, 5.41) is 12.1. The lowest BCUT2D eigenvalue weighted by Gasteiger charge is -2.30. The molecule has 1 unspecified atom stereocenters. The zero-order chi connectivity index (χ0) is 42.5. The number of amides is 2. The molecule has 0 saturated carbocycles. The maximum Gasteiger partial charge on any atom is 0.280 e. The Kier molecular flexibility index (Phi) is 14.9. The number of halogens is 6. The van der Waals surface area contributed by atoms with Crippen LogP contribution in [0.2, 0.25) is 30.1 Å². The van der Waals surface area contributed by atoms with Gasteiger partial charge in [0.25, 0.3) is 5.91 Å². The van der Waals surface area contributed by atoms with Crippen molar-refractivity contribution in [1.82, 2.24) is 5.43 Å². The van der Waals surface area contributed by atoms with Crippen LogP contribution in [-0.4, -0.2) is 37.4 Å². The molecule has 2 amide bonds. The van der Waals surface area contributed by atoms with E-state index < -0.39 is 11.9 Å². The van der Waals surface area contributed by atoms with E-state index >= 15 is 0 Å². The van der Waals surface area contributed by atoms with Crippen LogP contribution in [0.25, 0.3) is 0 Å². The van der Waals surface area contributed by atoms with E-state index in [1.165, 1.54) is 5.56 Å². The molecule has 1 aliphatic heterocycles. The van der Waals surface area contributed by atoms with E-state index in [9.17, 15) is 9.59 Å². The standard InChI is InChI=1S/C42H44Cl6N6O4/c1-8-41(3,4)23-12-19-30(27(21-23)42(5,6)9-2)58-20-10-11-31(55)49-25-15-18-28(43)29(22-25)50-39-37(52-51-24-13-16-26(57-7)17-14-24)40(56)54(53-39)38-35(47)33(45)32(44)34(46)36(38)48/h12-19,21-22,37H,8-11,20H2,1-7H3,(H,49,55)(H,50,53). The molecule has 0 aliphatic carbocycles. The van der Waals surface area contributed by atoms with Gasteiger partial charge in [0.2, 0.25) is 11.9 Å². The maximum absolute atomic E-state index is 14.0. The number of azo groups is 1. The van der Waals surface area contributed by atoms with Crippen LogP contribution in [0.5, 0.6) is 11.5 Å². The van der Waals surface area contributed by atoms with Gasteiger partial charge in [-0.15, -0.1) is 0 Å². The molecule has 4 aromatic carbocycles. The summed E-state index contributed by atoms with van der Waals surface area (Å²) in [4.78, 5) is 31.8. The fourth-order valence-corrected chi connectivity index (χ4v) is 7.29. The average Bonchev–Trinajstić information content (AvgIpc) is 3.51. The Morgan fingerprint density at radius 3 is 2.10 bits per heavy atom. The smallest absolute Gasteiger partial charge is 0.280 e. The second-order valence-corrected chi connectivity index (χ2v) is 17.2. The first-order valence-corrected chi connectivity index (χ1v) is 20.8. The summed E-state index contributed by atoms with van der Waals surface area (Å²) in [5.74, 6) is 0.560. The van der Waals surface area contributed by atoms with Crippen LogP contribution in [0.1, 0.15) is 78.4 Å². The number of methoxy groups -OCH3 is 1.